The Morgan fingerprint density at radius 2 is 2.04 bits per heavy atom. The van der Waals surface area contributed by atoms with Crippen molar-refractivity contribution in [2.75, 3.05) is 18.4 Å². The van der Waals surface area contributed by atoms with E-state index in [1.165, 1.54) is 37.4 Å². The van der Waals surface area contributed by atoms with Crippen molar-refractivity contribution in [3.05, 3.63) is 42.0 Å². The maximum absolute atomic E-state index is 12.8. The Bertz CT molecular complexity index is 928. The van der Waals surface area contributed by atoms with Crippen molar-refractivity contribution < 1.29 is 22.5 Å². The monoisotopic (exact) mass is 382 g/mol. The highest BCUT2D eigenvalue weighted by molar-refractivity contribution is 7.94. The number of methoxy groups -OCH3 is 1. The highest BCUT2D eigenvalue weighted by Gasteiger charge is 2.33. The summed E-state index contributed by atoms with van der Waals surface area (Å²) in [6.45, 7) is -0.341. The second-order valence-corrected chi connectivity index (χ2v) is 8.12. The maximum Gasteiger partial charge on any atom is 0.262 e. The number of ether oxygens (including phenoxy) is 1. The second kappa shape index (κ2) is 7.04. The molecule has 2 bridgehead atoms. The third-order valence-electron chi connectivity index (χ3n) is 3.58. The molecule has 1 atom stereocenters. The van der Waals surface area contributed by atoms with E-state index in [0.717, 1.165) is 0 Å². The van der Waals surface area contributed by atoms with E-state index in [9.17, 15) is 17.8 Å². The van der Waals surface area contributed by atoms with Crippen LogP contribution in [0.1, 0.15) is 17.8 Å². The lowest BCUT2D eigenvalue weighted by molar-refractivity contribution is 0.0999. The van der Waals surface area contributed by atoms with Crippen LogP contribution in [-0.2, 0) is 21.2 Å². The molecule has 2 aromatic carbocycles. The van der Waals surface area contributed by atoms with Gasteiger partial charge < -0.3 is 15.0 Å². The lowest BCUT2D eigenvalue weighted by atomic mass is 10.1. The summed E-state index contributed by atoms with van der Waals surface area (Å²) in [5, 5.41) is 0. The van der Waals surface area contributed by atoms with Crippen molar-refractivity contribution >= 4 is 32.7 Å². The summed E-state index contributed by atoms with van der Waals surface area (Å²) >= 11 is -1.67. The molecule has 0 spiro atoms. The van der Waals surface area contributed by atoms with Gasteiger partial charge in [0.2, 0.25) is 0 Å². The lowest BCUT2D eigenvalue weighted by Crippen LogP contribution is -2.23. The van der Waals surface area contributed by atoms with Gasteiger partial charge in [-0.25, -0.2) is 8.42 Å². The van der Waals surface area contributed by atoms with Crippen LogP contribution in [0.15, 0.2) is 51.1 Å². The van der Waals surface area contributed by atoms with E-state index >= 15 is 0 Å². The molecule has 7 nitrogen and oxygen atoms in total. The zero-order valence-electron chi connectivity index (χ0n) is 12.6. The van der Waals surface area contributed by atoms with Crippen LogP contribution in [0, 0.1) is 0 Å². The van der Waals surface area contributed by atoms with E-state index in [0.29, 0.717) is 4.90 Å². The van der Waals surface area contributed by atoms with Gasteiger partial charge in [0.1, 0.15) is 11.4 Å². The standard InChI is InChI=1S/C15H14N2O5S2.CH4/c1-22-12-5-6-13-15(14(12)11(18)8-16)17-24(20,21)10-4-2-3-9(7-10)23(13)19;/h2-7,17H,8,16H2,1H3;1H4. The molecule has 0 aliphatic carbocycles. The molecule has 1 heterocycles. The summed E-state index contributed by atoms with van der Waals surface area (Å²) < 4.78 is 45.4. The Kier molecular flexibility index (Phi) is 5.43. The number of nitrogens with two attached hydrogens (primary N) is 1. The number of carbonyl (C=O) groups excluding carboxylic acids is 1. The minimum Gasteiger partial charge on any atom is -0.606 e. The van der Waals surface area contributed by atoms with E-state index in [4.69, 9.17) is 10.5 Å². The van der Waals surface area contributed by atoms with Crippen LogP contribution in [0.2, 0.25) is 0 Å². The van der Waals surface area contributed by atoms with Crippen molar-refractivity contribution in [1.29, 1.82) is 0 Å². The van der Waals surface area contributed by atoms with Crippen molar-refractivity contribution in [2.24, 2.45) is 5.73 Å². The Labute approximate surface area is 149 Å². The third kappa shape index (κ3) is 3.23. The van der Waals surface area contributed by atoms with Gasteiger partial charge in [-0.2, -0.15) is 0 Å². The summed E-state index contributed by atoms with van der Waals surface area (Å²) in [7, 11) is -2.59. The highest BCUT2D eigenvalue weighted by atomic mass is 32.2. The van der Waals surface area contributed by atoms with E-state index < -0.39 is 27.0 Å². The number of sulfonamides is 1. The molecule has 0 amide bonds. The van der Waals surface area contributed by atoms with Gasteiger partial charge in [0.05, 0.1) is 24.1 Å². The average Bonchev–Trinajstić information content (AvgIpc) is 2.59. The number of hydrogen-bond acceptors (Lipinski definition) is 6. The van der Waals surface area contributed by atoms with Crippen LogP contribution >= 0.6 is 0 Å². The minimum atomic E-state index is -3.94. The van der Waals surface area contributed by atoms with E-state index in [2.05, 4.69) is 4.72 Å². The number of anilines is 1. The second-order valence-electron chi connectivity index (χ2n) is 4.99. The largest absolute Gasteiger partial charge is 0.606 e. The molecule has 0 saturated carbocycles. The molecule has 3 rings (SSSR count). The molecular weight excluding hydrogens is 364 g/mol. The van der Waals surface area contributed by atoms with Crippen LogP contribution in [0.3, 0.4) is 0 Å². The van der Waals surface area contributed by atoms with Crippen LogP contribution in [0.25, 0.3) is 0 Å². The summed E-state index contributed by atoms with van der Waals surface area (Å²) in [6, 6.07) is 8.76. The molecule has 0 aromatic heterocycles. The highest BCUT2D eigenvalue weighted by Crippen LogP contribution is 2.39. The number of rotatable bonds is 3. The van der Waals surface area contributed by atoms with Gasteiger partial charge in [-0.3, -0.25) is 9.52 Å². The van der Waals surface area contributed by atoms with Crippen LogP contribution in [0.5, 0.6) is 5.75 Å². The molecule has 1 aliphatic rings. The number of Topliss-reactive ketones (excluding diaryl/α,β-unsaturated/α-hetero) is 1. The number of benzene rings is 2. The van der Waals surface area contributed by atoms with Gasteiger partial charge in [-0.15, -0.1) is 0 Å². The number of fused-ring (bicyclic) bond motifs is 3. The predicted octanol–water partition coefficient (Wildman–Crippen LogP) is 1.75. The number of hydrogen-bond donors (Lipinski definition) is 2. The molecular formula is C16H18N2O5S2. The topological polar surface area (TPSA) is 122 Å². The molecule has 0 fully saturated rings. The van der Waals surface area contributed by atoms with E-state index in [1.54, 1.807) is 6.07 Å². The first-order valence-electron chi connectivity index (χ1n) is 6.88. The normalized spacial score (nSPS) is 17.2. The van der Waals surface area contributed by atoms with Crippen molar-refractivity contribution in [2.45, 2.75) is 22.1 Å². The SMILES string of the molecule is C.COc1ccc2c(c1C(=O)CN)NS(=O)(=O)c1cccc(c1)[S+]2[O-]. The summed E-state index contributed by atoms with van der Waals surface area (Å²) in [5.74, 6) is -0.360. The van der Waals surface area contributed by atoms with E-state index in [1.807, 2.05) is 0 Å². The first-order valence-corrected chi connectivity index (χ1v) is 9.51. The average molecular weight is 382 g/mol. The van der Waals surface area contributed by atoms with E-state index in [-0.39, 0.29) is 40.8 Å². The Balaban J connectivity index is 0.00000225. The van der Waals surface area contributed by atoms with Gasteiger partial charge in [0.25, 0.3) is 10.0 Å². The minimum absolute atomic E-state index is 0. The molecule has 134 valence electrons. The quantitative estimate of drug-likeness (QED) is 0.616. The third-order valence-corrected chi connectivity index (χ3v) is 6.35. The smallest absolute Gasteiger partial charge is 0.262 e. The number of carbonyl (C=O) groups is 1. The first kappa shape index (κ1) is 19.3. The molecule has 9 heteroatoms. The zero-order chi connectivity index (χ0) is 17.5. The molecule has 1 aliphatic heterocycles. The van der Waals surface area contributed by atoms with Crippen LogP contribution in [-0.4, -0.2) is 32.4 Å². The summed E-state index contributed by atoms with van der Waals surface area (Å²) in [6.07, 6.45) is 0. The molecule has 0 saturated heterocycles. The van der Waals surface area contributed by atoms with Crippen molar-refractivity contribution in [1.82, 2.24) is 0 Å². The maximum atomic E-state index is 12.8. The van der Waals surface area contributed by atoms with Gasteiger partial charge >= 0.3 is 0 Å². The zero-order valence-corrected chi connectivity index (χ0v) is 14.2. The number of nitrogens with one attached hydrogen (secondary N) is 1. The molecule has 3 N–H and O–H groups in total. The van der Waals surface area contributed by atoms with Gasteiger partial charge in [-0.05, 0) is 24.3 Å². The summed E-state index contributed by atoms with van der Waals surface area (Å²) in [4.78, 5) is 12.7. The van der Waals surface area contributed by atoms with Gasteiger partial charge in [-0.1, -0.05) is 13.5 Å². The lowest BCUT2D eigenvalue weighted by Gasteiger charge is -2.22. The fourth-order valence-corrected chi connectivity index (χ4v) is 4.94. The van der Waals surface area contributed by atoms with Gasteiger partial charge in [0.15, 0.2) is 15.6 Å². The Hall–Kier alpha value is -2.07. The fourth-order valence-electron chi connectivity index (χ4n) is 2.45. The summed E-state index contributed by atoms with van der Waals surface area (Å²) in [5.41, 5.74) is 5.34. The van der Waals surface area contributed by atoms with Crippen LogP contribution < -0.4 is 15.2 Å². The van der Waals surface area contributed by atoms with Gasteiger partial charge in [0, 0.05) is 17.2 Å². The van der Waals surface area contributed by atoms with Crippen molar-refractivity contribution in [3.8, 4) is 5.75 Å². The molecule has 0 radical (unpaired) electrons. The first-order chi connectivity index (χ1) is 11.4. The number of ketones is 1. The molecule has 25 heavy (non-hydrogen) atoms. The molecule has 2 aromatic rings. The predicted molar refractivity (Wildman–Crippen MR) is 95.0 cm³/mol. The Morgan fingerprint density at radius 1 is 1.32 bits per heavy atom. The Morgan fingerprint density at radius 3 is 2.68 bits per heavy atom. The van der Waals surface area contributed by atoms with Crippen LogP contribution in [0.4, 0.5) is 5.69 Å². The van der Waals surface area contributed by atoms with Crippen molar-refractivity contribution in [3.63, 3.8) is 0 Å². The fraction of sp³-hybridized carbons (Fsp3) is 0.188. The molecule has 1 unspecified atom stereocenters.